The lowest BCUT2D eigenvalue weighted by molar-refractivity contribution is 0.0939. The molecule has 0 spiro atoms. The second-order valence-electron chi connectivity index (χ2n) is 3.54. The number of benzene rings is 1. The Bertz CT molecular complexity index is 394. The normalized spacial score (nSPS) is 11.6. The quantitative estimate of drug-likeness (QED) is 0.862. The predicted molar refractivity (Wildman–Crippen MR) is 66.5 cm³/mol. The lowest BCUT2D eigenvalue weighted by Gasteiger charge is -2.12. The number of halogens is 1. The topological polar surface area (TPSA) is 52.9 Å². The Morgan fingerprint density at radius 1 is 1.50 bits per heavy atom. The fraction of sp³-hybridized carbons (Fsp3) is 0.333. The van der Waals surface area contributed by atoms with Crippen LogP contribution in [0.1, 0.15) is 29.3 Å². The van der Waals surface area contributed by atoms with Crippen LogP contribution in [-0.2, 0) is 0 Å². The second kappa shape index (κ2) is 6.29. The van der Waals surface area contributed by atoms with E-state index in [4.69, 9.17) is 5.26 Å². The molecule has 1 N–H and O–H groups in total. The van der Waals surface area contributed by atoms with Gasteiger partial charge in [0.05, 0.1) is 11.6 Å². The third-order valence-electron chi connectivity index (χ3n) is 2.20. The van der Waals surface area contributed by atoms with Crippen molar-refractivity contribution in [1.82, 2.24) is 5.32 Å². The first-order valence-corrected chi connectivity index (χ1v) is 6.16. The van der Waals surface area contributed by atoms with E-state index in [9.17, 15) is 4.79 Å². The van der Waals surface area contributed by atoms with E-state index in [2.05, 4.69) is 21.2 Å². The minimum Gasteiger partial charge on any atom is -0.350 e. The van der Waals surface area contributed by atoms with Crippen molar-refractivity contribution in [3.8, 4) is 6.07 Å². The first-order chi connectivity index (χ1) is 7.67. The number of hydrogen-bond acceptors (Lipinski definition) is 2. The van der Waals surface area contributed by atoms with Crippen molar-refractivity contribution in [2.45, 2.75) is 19.4 Å². The van der Waals surface area contributed by atoms with Crippen LogP contribution in [-0.4, -0.2) is 17.3 Å². The molecule has 0 radical (unpaired) electrons. The van der Waals surface area contributed by atoms with Crippen molar-refractivity contribution in [3.05, 3.63) is 35.4 Å². The maximum atomic E-state index is 11.7. The first-order valence-electron chi connectivity index (χ1n) is 5.04. The van der Waals surface area contributed by atoms with E-state index in [1.54, 1.807) is 24.3 Å². The number of carbonyl (C=O) groups excluding carboxylic acids is 1. The molecule has 1 aromatic carbocycles. The molecule has 0 aromatic heterocycles. The molecule has 1 unspecified atom stereocenters. The summed E-state index contributed by atoms with van der Waals surface area (Å²) in [5, 5.41) is 12.4. The maximum Gasteiger partial charge on any atom is 0.251 e. The van der Waals surface area contributed by atoms with Crippen molar-refractivity contribution in [2.24, 2.45) is 0 Å². The summed E-state index contributed by atoms with van der Waals surface area (Å²) in [5.41, 5.74) is 1.14. The average molecular weight is 281 g/mol. The van der Waals surface area contributed by atoms with E-state index in [1.165, 1.54) is 0 Å². The van der Waals surface area contributed by atoms with Crippen LogP contribution >= 0.6 is 15.9 Å². The Labute approximate surface area is 104 Å². The van der Waals surface area contributed by atoms with Crippen LogP contribution in [0.5, 0.6) is 0 Å². The summed E-state index contributed by atoms with van der Waals surface area (Å²) in [4.78, 5) is 11.7. The van der Waals surface area contributed by atoms with Crippen molar-refractivity contribution >= 4 is 21.8 Å². The van der Waals surface area contributed by atoms with Gasteiger partial charge in [-0.25, -0.2) is 0 Å². The monoisotopic (exact) mass is 280 g/mol. The van der Waals surface area contributed by atoms with E-state index in [0.717, 1.165) is 11.8 Å². The molecule has 0 aliphatic heterocycles. The van der Waals surface area contributed by atoms with Crippen LogP contribution in [0.25, 0.3) is 0 Å². The number of hydrogen-bond donors (Lipinski definition) is 1. The number of nitrogens with zero attached hydrogens (tertiary/aromatic N) is 1. The zero-order valence-electron chi connectivity index (χ0n) is 9.03. The Morgan fingerprint density at radius 3 is 2.62 bits per heavy atom. The average Bonchev–Trinajstić information content (AvgIpc) is 2.29. The van der Waals surface area contributed by atoms with Gasteiger partial charge in [-0.3, -0.25) is 4.79 Å². The summed E-state index contributed by atoms with van der Waals surface area (Å²) in [5.74, 6) is -0.0991. The molecule has 0 saturated heterocycles. The van der Waals surface area contributed by atoms with Crippen molar-refractivity contribution in [1.29, 1.82) is 5.26 Å². The summed E-state index contributed by atoms with van der Waals surface area (Å²) in [6.07, 6.45) is 0.891. The SMILES string of the molecule is CC(CCBr)NC(=O)c1ccc(C#N)cc1. The lowest BCUT2D eigenvalue weighted by Crippen LogP contribution is -2.32. The highest BCUT2D eigenvalue weighted by molar-refractivity contribution is 9.09. The zero-order chi connectivity index (χ0) is 12.0. The van der Waals surface area contributed by atoms with Crippen molar-refractivity contribution in [3.63, 3.8) is 0 Å². The molecule has 0 aliphatic rings. The van der Waals surface area contributed by atoms with Gasteiger partial charge < -0.3 is 5.32 Å². The van der Waals surface area contributed by atoms with E-state index < -0.39 is 0 Å². The molecule has 16 heavy (non-hydrogen) atoms. The fourth-order valence-electron chi connectivity index (χ4n) is 1.24. The molecule has 4 heteroatoms. The highest BCUT2D eigenvalue weighted by Crippen LogP contribution is 2.04. The van der Waals surface area contributed by atoms with Crippen LogP contribution in [0.4, 0.5) is 0 Å². The van der Waals surface area contributed by atoms with Gasteiger partial charge in [0.2, 0.25) is 0 Å². The van der Waals surface area contributed by atoms with Crippen LogP contribution in [0.3, 0.4) is 0 Å². The third-order valence-corrected chi connectivity index (χ3v) is 2.65. The molecular weight excluding hydrogens is 268 g/mol. The number of rotatable bonds is 4. The number of amides is 1. The smallest absolute Gasteiger partial charge is 0.251 e. The summed E-state index contributed by atoms with van der Waals surface area (Å²) >= 11 is 3.33. The maximum absolute atomic E-state index is 11.7. The molecule has 84 valence electrons. The Morgan fingerprint density at radius 2 is 2.12 bits per heavy atom. The standard InChI is InChI=1S/C12H13BrN2O/c1-9(6-7-13)15-12(16)11-4-2-10(8-14)3-5-11/h2-5,9H,6-7H2,1H3,(H,15,16). The van der Waals surface area contributed by atoms with Crippen molar-refractivity contribution in [2.75, 3.05) is 5.33 Å². The Balaban J connectivity index is 2.63. The minimum absolute atomic E-state index is 0.0991. The largest absolute Gasteiger partial charge is 0.350 e. The molecular formula is C12H13BrN2O. The van der Waals surface area contributed by atoms with Gasteiger partial charge in [-0.15, -0.1) is 0 Å². The highest BCUT2D eigenvalue weighted by Gasteiger charge is 2.08. The predicted octanol–water partition coefficient (Wildman–Crippen LogP) is 2.46. The first kappa shape index (κ1) is 12.7. The van der Waals surface area contributed by atoms with Gasteiger partial charge in [-0.05, 0) is 37.6 Å². The van der Waals surface area contributed by atoms with Gasteiger partial charge in [0.1, 0.15) is 0 Å². The number of alkyl halides is 1. The summed E-state index contributed by atoms with van der Waals surface area (Å²) in [6.45, 7) is 1.96. The Hall–Kier alpha value is -1.34. The molecule has 1 amide bonds. The van der Waals surface area contributed by atoms with Crippen LogP contribution < -0.4 is 5.32 Å². The van der Waals surface area contributed by atoms with Gasteiger partial charge >= 0.3 is 0 Å². The lowest BCUT2D eigenvalue weighted by atomic mass is 10.1. The number of nitriles is 1. The van der Waals surface area contributed by atoms with E-state index >= 15 is 0 Å². The zero-order valence-corrected chi connectivity index (χ0v) is 10.6. The summed E-state index contributed by atoms with van der Waals surface area (Å²) in [7, 11) is 0. The van der Waals surface area contributed by atoms with E-state index in [0.29, 0.717) is 11.1 Å². The van der Waals surface area contributed by atoms with Gasteiger partial charge in [0, 0.05) is 16.9 Å². The third kappa shape index (κ3) is 3.67. The molecule has 0 fully saturated rings. The number of carbonyl (C=O) groups is 1. The Kier molecular flexibility index (Phi) is 5.00. The summed E-state index contributed by atoms with van der Waals surface area (Å²) in [6, 6.07) is 8.77. The molecule has 1 aromatic rings. The van der Waals surface area contributed by atoms with Crippen molar-refractivity contribution < 1.29 is 4.79 Å². The second-order valence-corrected chi connectivity index (χ2v) is 4.33. The molecule has 1 atom stereocenters. The minimum atomic E-state index is -0.0991. The van der Waals surface area contributed by atoms with Crippen LogP contribution in [0, 0.1) is 11.3 Å². The van der Waals surface area contributed by atoms with Gasteiger partial charge in [0.25, 0.3) is 5.91 Å². The highest BCUT2D eigenvalue weighted by atomic mass is 79.9. The van der Waals surface area contributed by atoms with Gasteiger partial charge in [-0.1, -0.05) is 15.9 Å². The fourth-order valence-corrected chi connectivity index (χ4v) is 1.93. The molecule has 0 bridgehead atoms. The summed E-state index contributed by atoms with van der Waals surface area (Å²) < 4.78 is 0. The molecule has 0 aliphatic carbocycles. The van der Waals surface area contributed by atoms with Crippen LogP contribution in [0.15, 0.2) is 24.3 Å². The van der Waals surface area contributed by atoms with Crippen LogP contribution in [0.2, 0.25) is 0 Å². The van der Waals surface area contributed by atoms with E-state index in [1.807, 2.05) is 13.0 Å². The van der Waals surface area contributed by atoms with Gasteiger partial charge in [0.15, 0.2) is 0 Å². The number of nitrogens with one attached hydrogen (secondary N) is 1. The molecule has 0 saturated carbocycles. The van der Waals surface area contributed by atoms with Gasteiger partial charge in [-0.2, -0.15) is 5.26 Å². The molecule has 0 heterocycles. The molecule has 1 rings (SSSR count). The van der Waals surface area contributed by atoms with E-state index in [-0.39, 0.29) is 11.9 Å². The molecule has 3 nitrogen and oxygen atoms in total.